The van der Waals surface area contributed by atoms with Gasteiger partial charge in [-0.3, -0.25) is 19.9 Å². The molecule has 3 fully saturated rings. The SMILES string of the molecule is O=C1OCCN1c1cccnc1-c1ccc(-c2[nH]nc3ncc(-c4ccc5c(c4)CCC(N4C6COCC4C6)CC5)cc23)cc1. The van der Waals surface area contributed by atoms with Crippen molar-refractivity contribution in [3.63, 3.8) is 0 Å². The summed E-state index contributed by atoms with van der Waals surface area (Å²) in [7, 11) is 0. The lowest BCUT2D eigenvalue weighted by Gasteiger charge is -2.56. The molecule has 3 aliphatic heterocycles. The maximum Gasteiger partial charge on any atom is 0.414 e. The van der Waals surface area contributed by atoms with Crippen LogP contribution in [0.1, 0.15) is 30.4 Å². The molecule has 3 aromatic heterocycles. The van der Waals surface area contributed by atoms with E-state index >= 15 is 0 Å². The van der Waals surface area contributed by atoms with Crippen LogP contribution in [0, 0.1) is 0 Å². The number of nitrogens with zero attached hydrogens (tertiary/aromatic N) is 5. The first-order chi connectivity index (χ1) is 22.2. The fourth-order valence-corrected chi connectivity index (χ4v) is 7.85. The van der Waals surface area contributed by atoms with Gasteiger partial charge < -0.3 is 9.47 Å². The number of aromatic nitrogens is 4. The van der Waals surface area contributed by atoms with Crippen LogP contribution in [0.2, 0.25) is 0 Å². The number of morpholine rings is 1. The van der Waals surface area contributed by atoms with E-state index in [1.54, 1.807) is 11.1 Å². The van der Waals surface area contributed by atoms with Crippen molar-refractivity contribution in [2.45, 2.75) is 50.2 Å². The second kappa shape index (κ2) is 10.8. The minimum Gasteiger partial charge on any atom is -0.447 e. The standard InChI is InChI=1S/C36H34N6O3/c43-36-41(14-15-45-36)32-2-1-13-37-34(32)24-6-4-23(5-7-24)33-31-17-27(19-38-35(31)40-39-33)26-8-3-22-9-11-28(12-10-25(22)16-26)42-29-18-30(42)21-44-20-29/h1-8,13,16-17,19,28-30H,9-12,14-15,18,20-21H2,(H,38,39,40). The highest BCUT2D eigenvalue weighted by Gasteiger charge is 2.45. The van der Waals surface area contributed by atoms with E-state index < -0.39 is 0 Å². The summed E-state index contributed by atoms with van der Waals surface area (Å²) < 4.78 is 10.9. The van der Waals surface area contributed by atoms with Crippen LogP contribution in [0.5, 0.6) is 0 Å². The van der Waals surface area contributed by atoms with E-state index in [1.807, 2.05) is 30.5 Å². The average molecular weight is 599 g/mol. The van der Waals surface area contributed by atoms with Crippen LogP contribution in [0.3, 0.4) is 0 Å². The van der Waals surface area contributed by atoms with Crippen molar-refractivity contribution in [3.8, 4) is 33.6 Å². The van der Waals surface area contributed by atoms with E-state index in [1.165, 1.54) is 36.0 Å². The normalized spacial score (nSPS) is 23.0. The minimum absolute atomic E-state index is 0.337. The third-order valence-corrected chi connectivity index (χ3v) is 10.2. The lowest BCUT2D eigenvalue weighted by Crippen LogP contribution is -2.66. The first kappa shape index (κ1) is 26.8. The Morgan fingerprint density at radius 2 is 1.62 bits per heavy atom. The van der Waals surface area contributed by atoms with E-state index in [9.17, 15) is 4.79 Å². The molecule has 2 bridgehead atoms. The molecule has 4 aliphatic rings. The number of hydrogen-bond acceptors (Lipinski definition) is 7. The molecule has 226 valence electrons. The van der Waals surface area contributed by atoms with Gasteiger partial charge in [-0.05, 0) is 67.0 Å². The third kappa shape index (κ3) is 4.60. The molecule has 5 aromatic rings. The zero-order valence-corrected chi connectivity index (χ0v) is 25.0. The Hall–Kier alpha value is -4.60. The van der Waals surface area contributed by atoms with Gasteiger partial charge in [0.1, 0.15) is 6.61 Å². The summed E-state index contributed by atoms with van der Waals surface area (Å²) in [6.07, 6.45) is 9.35. The van der Waals surface area contributed by atoms with Crippen LogP contribution >= 0.6 is 0 Å². The Kier molecular flexibility index (Phi) is 6.42. The number of pyridine rings is 2. The number of benzene rings is 2. The zero-order chi connectivity index (χ0) is 29.9. The van der Waals surface area contributed by atoms with Gasteiger partial charge in [0.05, 0.1) is 36.8 Å². The number of fused-ring (bicyclic) bond motifs is 4. The molecule has 1 N–H and O–H groups in total. The topological polar surface area (TPSA) is 96.5 Å². The Morgan fingerprint density at radius 3 is 2.42 bits per heavy atom. The van der Waals surface area contributed by atoms with Gasteiger partial charge in [-0.2, -0.15) is 5.10 Å². The number of carbonyl (C=O) groups is 1. The second-order valence-corrected chi connectivity index (χ2v) is 12.7. The fraction of sp³-hybridized carbons (Fsp3) is 0.333. The van der Waals surface area contributed by atoms with Crippen molar-refractivity contribution in [1.82, 2.24) is 25.1 Å². The van der Waals surface area contributed by atoms with Gasteiger partial charge in [-0.15, -0.1) is 0 Å². The molecule has 9 rings (SSSR count). The number of H-pyrrole nitrogens is 1. The van der Waals surface area contributed by atoms with Gasteiger partial charge in [0.25, 0.3) is 0 Å². The van der Waals surface area contributed by atoms with Crippen LogP contribution in [-0.4, -0.2) is 75.6 Å². The molecule has 2 aromatic carbocycles. The molecule has 6 heterocycles. The second-order valence-electron chi connectivity index (χ2n) is 12.7. The Balaban J connectivity index is 0.981. The predicted octanol–water partition coefficient (Wildman–Crippen LogP) is 6.03. The fourth-order valence-electron chi connectivity index (χ4n) is 7.85. The van der Waals surface area contributed by atoms with E-state index in [4.69, 9.17) is 14.5 Å². The van der Waals surface area contributed by atoms with Crippen molar-refractivity contribution in [1.29, 1.82) is 0 Å². The number of ether oxygens (including phenoxy) is 2. The number of nitrogens with one attached hydrogen (secondary N) is 1. The van der Waals surface area contributed by atoms with Crippen LogP contribution in [0.15, 0.2) is 73.1 Å². The molecule has 1 aliphatic carbocycles. The smallest absolute Gasteiger partial charge is 0.414 e. The molecular formula is C36H34N6O3. The number of rotatable bonds is 5. The molecule has 0 radical (unpaired) electrons. The van der Waals surface area contributed by atoms with Gasteiger partial charge in [-0.25, -0.2) is 9.78 Å². The highest BCUT2D eigenvalue weighted by Crippen LogP contribution is 2.38. The summed E-state index contributed by atoms with van der Waals surface area (Å²) in [5, 5.41) is 8.72. The number of cyclic esters (lactones) is 1. The lowest BCUT2D eigenvalue weighted by molar-refractivity contribution is -0.148. The number of amides is 1. The molecule has 45 heavy (non-hydrogen) atoms. The maximum absolute atomic E-state index is 12.2. The first-order valence-electron chi connectivity index (χ1n) is 16.0. The summed E-state index contributed by atoms with van der Waals surface area (Å²) in [6.45, 7) is 2.71. The number of carbonyl (C=O) groups excluding carboxylic acids is 1. The summed E-state index contributed by atoms with van der Waals surface area (Å²) in [5.74, 6) is 0. The monoisotopic (exact) mass is 598 g/mol. The summed E-state index contributed by atoms with van der Waals surface area (Å²) in [6, 6.07) is 23.0. The molecular weight excluding hydrogens is 564 g/mol. The van der Waals surface area contributed by atoms with Crippen molar-refractivity contribution in [2.24, 2.45) is 0 Å². The Labute approximate surface area is 261 Å². The van der Waals surface area contributed by atoms with Crippen LogP contribution in [0.4, 0.5) is 10.5 Å². The number of anilines is 1. The third-order valence-electron chi connectivity index (χ3n) is 10.2. The summed E-state index contributed by atoms with van der Waals surface area (Å²) in [4.78, 5) is 26.0. The average Bonchev–Trinajstić information content (AvgIpc) is 3.66. The van der Waals surface area contributed by atoms with E-state index in [0.29, 0.717) is 36.9 Å². The number of hydrogen-bond donors (Lipinski definition) is 1. The molecule has 9 nitrogen and oxygen atoms in total. The molecule has 1 amide bonds. The molecule has 3 saturated heterocycles. The quantitative estimate of drug-likeness (QED) is 0.247. The minimum atomic E-state index is -0.337. The largest absolute Gasteiger partial charge is 0.447 e. The van der Waals surface area contributed by atoms with Gasteiger partial charge in [-0.1, -0.05) is 42.5 Å². The lowest BCUT2D eigenvalue weighted by atomic mass is 9.87. The van der Waals surface area contributed by atoms with Crippen molar-refractivity contribution in [3.05, 3.63) is 84.2 Å². The Morgan fingerprint density at radius 1 is 0.822 bits per heavy atom. The van der Waals surface area contributed by atoms with E-state index in [2.05, 4.69) is 56.5 Å². The highest BCUT2D eigenvalue weighted by molar-refractivity contribution is 5.95. The van der Waals surface area contributed by atoms with Gasteiger partial charge in [0.15, 0.2) is 5.65 Å². The summed E-state index contributed by atoms with van der Waals surface area (Å²) >= 11 is 0. The van der Waals surface area contributed by atoms with Crippen LogP contribution in [-0.2, 0) is 22.3 Å². The molecule has 3 unspecified atom stereocenters. The van der Waals surface area contributed by atoms with E-state index in [0.717, 1.165) is 65.2 Å². The van der Waals surface area contributed by atoms with Gasteiger partial charge in [0, 0.05) is 52.6 Å². The highest BCUT2D eigenvalue weighted by atomic mass is 16.6. The molecule has 0 saturated carbocycles. The van der Waals surface area contributed by atoms with Gasteiger partial charge >= 0.3 is 6.09 Å². The Bertz CT molecular complexity index is 1910. The van der Waals surface area contributed by atoms with Crippen LogP contribution in [0.25, 0.3) is 44.7 Å². The molecule has 0 spiro atoms. The summed E-state index contributed by atoms with van der Waals surface area (Å²) in [5.41, 5.74) is 10.3. The zero-order valence-electron chi connectivity index (χ0n) is 25.0. The van der Waals surface area contributed by atoms with Crippen molar-refractivity contribution < 1.29 is 14.3 Å². The molecule has 9 heteroatoms. The maximum atomic E-state index is 12.2. The van der Waals surface area contributed by atoms with Crippen molar-refractivity contribution >= 4 is 22.8 Å². The molecule has 3 atom stereocenters. The predicted molar refractivity (Wildman–Crippen MR) is 172 cm³/mol. The van der Waals surface area contributed by atoms with E-state index in [-0.39, 0.29) is 6.09 Å². The number of aryl methyl sites for hydroxylation is 2. The first-order valence-corrected chi connectivity index (χ1v) is 16.0. The van der Waals surface area contributed by atoms with Crippen LogP contribution < -0.4 is 4.90 Å². The van der Waals surface area contributed by atoms with Crippen molar-refractivity contribution in [2.75, 3.05) is 31.3 Å². The van der Waals surface area contributed by atoms with Gasteiger partial charge in [0.2, 0.25) is 0 Å². The number of aromatic amines is 1.